The van der Waals surface area contributed by atoms with Gasteiger partial charge in [-0.3, -0.25) is 0 Å². The SMILES string of the molecule is CON1CCN(C)N(C)CC1. The molecule has 1 fully saturated rings. The fourth-order valence-electron chi connectivity index (χ4n) is 1.15. The average molecular weight is 159 g/mol. The molecule has 1 aliphatic heterocycles. The van der Waals surface area contributed by atoms with E-state index in [1.165, 1.54) is 0 Å². The van der Waals surface area contributed by atoms with Gasteiger partial charge in [-0.15, -0.1) is 0 Å². The van der Waals surface area contributed by atoms with Crippen molar-refractivity contribution >= 4 is 0 Å². The van der Waals surface area contributed by atoms with E-state index in [0.717, 1.165) is 26.2 Å². The smallest absolute Gasteiger partial charge is 0.0575 e. The van der Waals surface area contributed by atoms with E-state index in [4.69, 9.17) is 4.84 Å². The van der Waals surface area contributed by atoms with E-state index in [1.54, 1.807) is 7.11 Å². The third-order valence-corrected chi connectivity index (χ3v) is 2.19. The molecule has 0 saturated carbocycles. The van der Waals surface area contributed by atoms with Crippen molar-refractivity contribution in [3.63, 3.8) is 0 Å². The topological polar surface area (TPSA) is 19.0 Å². The standard InChI is InChI=1S/C7H17N3O/c1-8-4-6-10(11-3)7-5-9(8)2/h4-7H2,1-3H3. The average Bonchev–Trinajstić information content (AvgIpc) is 2.16. The minimum atomic E-state index is 0.983. The van der Waals surface area contributed by atoms with E-state index in [0.29, 0.717) is 0 Å². The van der Waals surface area contributed by atoms with Crippen molar-refractivity contribution in [2.45, 2.75) is 0 Å². The molecule has 0 aromatic carbocycles. The summed E-state index contributed by atoms with van der Waals surface area (Å²) in [4.78, 5) is 5.15. The van der Waals surface area contributed by atoms with Crippen LogP contribution >= 0.6 is 0 Å². The first-order valence-corrected chi connectivity index (χ1v) is 3.95. The highest BCUT2D eigenvalue weighted by molar-refractivity contribution is 4.59. The van der Waals surface area contributed by atoms with Gasteiger partial charge in [-0.25, -0.2) is 10.0 Å². The Balaban J connectivity index is 2.38. The molecule has 4 nitrogen and oxygen atoms in total. The Morgan fingerprint density at radius 2 is 1.36 bits per heavy atom. The molecule has 4 heteroatoms. The van der Waals surface area contributed by atoms with Crippen LogP contribution in [0, 0.1) is 0 Å². The van der Waals surface area contributed by atoms with Crippen LogP contribution < -0.4 is 0 Å². The summed E-state index contributed by atoms with van der Waals surface area (Å²) >= 11 is 0. The second-order valence-corrected chi connectivity index (χ2v) is 2.87. The highest BCUT2D eigenvalue weighted by Gasteiger charge is 2.14. The van der Waals surface area contributed by atoms with Crippen LogP contribution in [0.4, 0.5) is 0 Å². The first-order valence-electron chi connectivity index (χ1n) is 3.95. The molecule has 0 amide bonds. The summed E-state index contributed by atoms with van der Waals surface area (Å²) < 4.78 is 0. The quantitative estimate of drug-likeness (QED) is 0.520. The van der Waals surface area contributed by atoms with Gasteiger partial charge in [0.1, 0.15) is 0 Å². The van der Waals surface area contributed by atoms with Gasteiger partial charge in [-0.05, 0) is 0 Å². The second-order valence-electron chi connectivity index (χ2n) is 2.87. The maximum absolute atomic E-state index is 5.15. The van der Waals surface area contributed by atoms with E-state index in [1.807, 2.05) is 5.06 Å². The Morgan fingerprint density at radius 3 is 1.73 bits per heavy atom. The molecular weight excluding hydrogens is 142 g/mol. The van der Waals surface area contributed by atoms with Crippen molar-refractivity contribution in [2.75, 3.05) is 47.4 Å². The molecule has 0 radical (unpaired) electrons. The zero-order valence-electron chi connectivity index (χ0n) is 7.58. The van der Waals surface area contributed by atoms with Gasteiger partial charge in [0.05, 0.1) is 7.11 Å². The van der Waals surface area contributed by atoms with Gasteiger partial charge in [-0.2, -0.15) is 5.06 Å². The second kappa shape index (κ2) is 4.01. The Bertz CT molecular complexity index is 108. The summed E-state index contributed by atoms with van der Waals surface area (Å²) in [5.41, 5.74) is 0. The normalized spacial score (nSPS) is 25.4. The van der Waals surface area contributed by atoms with Crippen LogP contribution in [-0.2, 0) is 4.84 Å². The minimum absolute atomic E-state index is 0.983. The first-order chi connectivity index (χ1) is 5.24. The van der Waals surface area contributed by atoms with Crippen LogP contribution in [0.5, 0.6) is 0 Å². The first kappa shape index (κ1) is 8.93. The summed E-state index contributed by atoms with van der Waals surface area (Å²) in [7, 11) is 5.92. The van der Waals surface area contributed by atoms with Crippen molar-refractivity contribution in [2.24, 2.45) is 0 Å². The summed E-state index contributed by atoms with van der Waals surface area (Å²) in [6, 6.07) is 0. The molecular formula is C7H17N3O. The van der Waals surface area contributed by atoms with Crippen LogP contribution in [0.2, 0.25) is 0 Å². The number of hydroxylamine groups is 2. The van der Waals surface area contributed by atoms with Crippen LogP contribution in [0.3, 0.4) is 0 Å². The highest BCUT2D eigenvalue weighted by atomic mass is 16.7. The predicted molar refractivity (Wildman–Crippen MR) is 43.8 cm³/mol. The number of hydrogen-bond acceptors (Lipinski definition) is 4. The maximum atomic E-state index is 5.15. The summed E-state index contributed by atoms with van der Waals surface area (Å²) in [5, 5.41) is 6.40. The molecule has 1 rings (SSSR count). The summed E-state index contributed by atoms with van der Waals surface area (Å²) in [6.45, 7) is 4.03. The molecule has 0 aromatic rings. The number of hydrogen-bond donors (Lipinski definition) is 0. The molecule has 11 heavy (non-hydrogen) atoms. The highest BCUT2D eigenvalue weighted by Crippen LogP contribution is 1.99. The molecule has 0 bridgehead atoms. The Hall–Kier alpha value is -0.160. The molecule has 1 aliphatic rings. The number of nitrogens with zero attached hydrogens (tertiary/aromatic N) is 3. The number of hydrazine groups is 1. The Labute approximate surface area is 68.2 Å². The van der Waals surface area contributed by atoms with Crippen molar-refractivity contribution < 1.29 is 4.84 Å². The molecule has 1 heterocycles. The molecule has 0 atom stereocenters. The lowest BCUT2D eigenvalue weighted by Crippen LogP contribution is -2.37. The van der Waals surface area contributed by atoms with Crippen molar-refractivity contribution in [1.29, 1.82) is 0 Å². The zero-order valence-corrected chi connectivity index (χ0v) is 7.58. The largest absolute Gasteiger partial charge is 0.302 e. The van der Waals surface area contributed by atoms with Gasteiger partial charge in [0.2, 0.25) is 0 Å². The van der Waals surface area contributed by atoms with Gasteiger partial charge < -0.3 is 4.84 Å². The molecule has 0 spiro atoms. The van der Waals surface area contributed by atoms with Gasteiger partial charge >= 0.3 is 0 Å². The lowest BCUT2D eigenvalue weighted by Gasteiger charge is -2.24. The van der Waals surface area contributed by atoms with Crippen molar-refractivity contribution in [3.8, 4) is 0 Å². The molecule has 0 aliphatic carbocycles. The third-order valence-electron chi connectivity index (χ3n) is 2.19. The lowest BCUT2D eigenvalue weighted by molar-refractivity contribution is -0.125. The van der Waals surface area contributed by atoms with Crippen LogP contribution in [-0.4, -0.2) is 62.5 Å². The van der Waals surface area contributed by atoms with Crippen molar-refractivity contribution in [3.05, 3.63) is 0 Å². The minimum Gasteiger partial charge on any atom is -0.302 e. The third kappa shape index (κ3) is 2.41. The lowest BCUT2D eigenvalue weighted by atomic mass is 10.6. The van der Waals surface area contributed by atoms with Crippen molar-refractivity contribution in [1.82, 2.24) is 15.1 Å². The van der Waals surface area contributed by atoms with Crippen LogP contribution in [0.25, 0.3) is 0 Å². The summed E-state index contributed by atoms with van der Waals surface area (Å²) in [5.74, 6) is 0. The monoisotopic (exact) mass is 159 g/mol. The van der Waals surface area contributed by atoms with Crippen LogP contribution in [0.1, 0.15) is 0 Å². The zero-order chi connectivity index (χ0) is 8.27. The van der Waals surface area contributed by atoms with Gasteiger partial charge in [0.25, 0.3) is 0 Å². The van der Waals surface area contributed by atoms with Crippen LogP contribution in [0.15, 0.2) is 0 Å². The Kier molecular flexibility index (Phi) is 3.26. The predicted octanol–water partition coefficient (Wildman–Crippen LogP) is -0.358. The molecule has 0 aromatic heterocycles. The van der Waals surface area contributed by atoms with E-state index in [2.05, 4.69) is 24.1 Å². The number of rotatable bonds is 1. The molecule has 0 unspecified atom stereocenters. The molecule has 66 valence electrons. The fourth-order valence-corrected chi connectivity index (χ4v) is 1.15. The molecule has 0 N–H and O–H groups in total. The van der Waals surface area contributed by atoms with E-state index < -0.39 is 0 Å². The maximum Gasteiger partial charge on any atom is 0.0575 e. The fraction of sp³-hybridized carbons (Fsp3) is 1.00. The van der Waals surface area contributed by atoms with E-state index in [9.17, 15) is 0 Å². The van der Waals surface area contributed by atoms with E-state index in [-0.39, 0.29) is 0 Å². The van der Waals surface area contributed by atoms with Gasteiger partial charge in [0.15, 0.2) is 0 Å². The number of likely N-dealkylation sites (N-methyl/N-ethyl adjacent to an activating group) is 2. The van der Waals surface area contributed by atoms with Gasteiger partial charge in [0, 0.05) is 40.3 Å². The van der Waals surface area contributed by atoms with Gasteiger partial charge in [-0.1, -0.05) is 0 Å². The Morgan fingerprint density at radius 1 is 0.909 bits per heavy atom. The molecule has 1 saturated heterocycles. The summed E-state index contributed by atoms with van der Waals surface area (Å²) in [6.07, 6.45) is 0. The van der Waals surface area contributed by atoms with E-state index >= 15 is 0 Å².